The van der Waals surface area contributed by atoms with Gasteiger partial charge in [-0.05, 0) is 67.9 Å². The van der Waals surface area contributed by atoms with Crippen LogP contribution in [0.1, 0.15) is 19.3 Å². The molecule has 1 saturated carbocycles. The van der Waals surface area contributed by atoms with Crippen molar-refractivity contribution in [2.24, 2.45) is 10.9 Å². The number of anilines is 2. The van der Waals surface area contributed by atoms with Gasteiger partial charge in [0.1, 0.15) is 17.5 Å². The van der Waals surface area contributed by atoms with Gasteiger partial charge in [0.15, 0.2) is 0 Å². The SMILES string of the molecule is C=C(/C(F)=C\C=C/N)C1(Nc2ccc(-c3cc(NS(N)(=O)=O)ccc3F)nn2)CCC1. The lowest BCUT2D eigenvalue weighted by Crippen LogP contribution is -2.47. The Bertz CT molecular complexity index is 1140. The fraction of sp³-hybridized carbons (Fsp3) is 0.200. The van der Waals surface area contributed by atoms with E-state index in [1.54, 1.807) is 6.07 Å². The van der Waals surface area contributed by atoms with Gasteiger partial charge in [-0.15, -0.1) is 10.2 Å². The van der Waals surface area contributed by atoms with E-state index in [2.05, 4.69) is 26.8 Å². The lowest BCUT2D eigenvalue weighted by atomic mass is 9.71. The van der Waals surface area contributed by atoms with Crippen LogP contribution < -0.4 is 20.9 Å². The number of benzene rings is 1. The third-order valence-corrected chi connectivity index (χ3v) is 5.48. The standard InChI is InChI=1S/C20H22F2N6O2S/c1-13(16(21)4-2-11-23)20(9-3-10-20)25-19-8-7-18(26-27-19)15-12-14(5-6-17(15)22)28-31(24,29)30/h2,4-8,11-12,28H,1,3,9-10,23H2,(H,25,27)(H2,24,29,30)/b11-2-,16-4+. The summed E-state index contributed by atoms with van der Waals surface area (Å²) in [5.74, 6) is -0.732. The molecule has 164 valence electrons. The van der Waals surface area contributed by atoms with Crippen molar-refractivity contribution in [2.75, 3.05) is 10.0 Å². The predicted molar refractivity (Wildman–Crippen MR) is 116 cm³/mol. The van der Waals surface area contributed by atoms with Gasteiger partial charge in [-0.3, -0.25) is 4.72 Å². The summed E-state index contributed by atoms with van der Waals surface area (Å²) in [5, 5.41) is 16.2. The highest BCUT2D eigenvalue weighted by atomic mass is 32.2. The number of hydrogen-bond donors (Lipinski definition) is 4. The molecule has 2 aromatic rings. The van der Waals surface area contributed by atoms with Crippen molar-refractivity contribution >= 4 is 21.7 Å². The third-order valence-electron chi connectivity index (χ3n) is 4.96. The number of allylic oxidation sites excluding steroid dienone is 2. The molecule has 1 aliphatic carbocycles. The molecule has 3 rings (SSSR count). The van der Waals surface area contributed by atoms with Gasteiger partial charge in [0.05, 0.1) is 16.9 Å². The fourth-order valence-electron chi connectivity index (χ4n) is 3.24. The molecule has 0 aliphatic heterocycles. The Balaban J connectivity index is 1.82. The van der Waals surface area contributed by atoms with Crippen molar-refractivity contribution < 1.29 is 17.2 Å². The first-order valence-electron chi connectivity index (χ1n) is 9.30. The van der Waals surface area contributed by atoms with Crippen LogP contribution in [0.25, 0.3) is 11.3 Å². The molecule has 11 heteroatoms. The van der Waals surface area contributed by atoms with Gasteiger partial charge in [-0.1, -0.05) is 6.58 Å². The summed E-state index contributed by atoms with van der Waals surface area (Å²) >= 11 is 0. The number of halogens is 2. The van der Waals surface area contributed by atoms with Crippen LogP contribution in [0.2, 0.25) is 0 Å². The van der Waals surface area contributed by atoms with Gasteiger partial charge in [0, 0.05) is 11.1 Å². The molecule has 6 N–H and O–H groups in total. The molecular formula is C20H22F2N6O2S. The molecule has 0 atom stereocenters. The first-order valence-corrected chi connectivity index (χ1v) is 10.8. The molecule has 1 fully saturated rings. The Kier molecular flexibility index (Phi) is 6.37. The minimum absolute atomic E-state index is 0.0398. The lowest BCUT2D eigenvalue weighted by molar-refractivity contribution is 0.322. The highest BCUT2D eigenvalue weighted by molar-refractivity contribution is 7.90. The number of rotatable bonds is 8. The molecule has 1 heterocycles. The highest BCUT2D eigenvalue weighted by Gasteiger charge is 2.41. The molecular weight excluding hydrogens is 426 g/mol. The van der Waals surface area contributed by atoms with Crippen molar-refractivity contribution in [1.29, 1.82) is 0 Å². The third kappa shape index (κ3) is 5.25. The quantitative estimate of drug-likeness (QED) is 0.458. The Morgan fingerprint density at radius 3 is 2.52 bits per heavy atom. The number of nitrogens with one attached hydrogen (secondary N) is 2. The monoisotopic (exact) mass is 448 g/mol. The summed E-state index contributed by atoms with van der Waals surface area (Å²) in [6, 6.07) is 6.69. The first-order chi connectivity index (χ1) is 14.6. The number of aromatic nitrogens is 2. The Morgan fingerprint density at radius 2 is 1.97 bits per heavy atom. The Labute approximate surface area is 178 Å². The maximum atomic E-state index is 14.4. The number of hydrogen-bond acceptors (Lipinski definition) is 6. The van der Waals surface area contributed by atoms with E-state index in [0.717, 1.165) is 12.5 Å². The van der Waals surface area contributed by atoms with Crippen LogP contribution in [0, 0.1) is 5.82 Å². The lowest BCUT2D eigenvalue weighted by Gasteiger charge is -2.44. The maximum absolute atomic E-state index is 14.4. The molecule has 0 amide bonds. The van der Waals surface area contributed by atoms with Crippen molar-refractivity contribution in [1.82, 2.24) is 10.2 Å². The summed E-state index contributed by atoms with van der Waals surface area (Å²) in [5.41, 5.74) is 5.15. The summed E-state index contributed by atoms with van der Waals surface area (Å²) in [6.45, 7) is 3.87. The van der Waals surface area contributed by atoms with Crippen LogP contribution in [-0.2, 0) is 10.2 Å². The second-order valence-electron chi connectivity index (χ2n) is 7.08. The van der Waals surface area contributed by atoms with Crippen LogP contribution >= 0.6 is 0 Å². The van der Waals surface area contributed by atoms with E-state index in [1.165, 1.54) is 36.6 Å². The van der Waals surface area contributed by atoms with E-state index in [-0.39, 0.29) is 22.5 Å². The van der Waals surface area contributed by atoms with Gasteiger partial charge in [-0.2, -0.15) is 8.42 Å². The van der Waals surface area contributed by atoms with Gasteiger partial charge < -0.3 is 11.1 Å². The highest BCUT2D eigenvalue weighted by Crippen LogP contribution is 2.43. The second kappa shape index (κ2) is 8.82. The molecule has 1 aliphatic rings. The van der Waals surface area contributed by atoms with Crippen LogP contribution in [-0.4, -0.2) is 24.2 Å². The molecule has 0 spiro atoms. The minimum Gasteiger partial charge on any atom is -0.405 e. The van der Waals surface area contributed by atoms with Crippen molar-refractivity contribution in [3.63, 3.8) is 0 Å². The zero-order valence-electron chi connectivity index (χ0n) is 16.5. The second-order valence-corrected chi connectivity index (χ2v) is 8.38. The number of nitrogens with zero attached hydrogens (tertiary/aromatic N) is 2. The van der Waals surface area contributed by atoms with E-state index in [4.69, 9.17) is 10.9 Å². The molecule has 1 aromatic heterocycles. The summed E-state index contributed by atoms with van der Waals surface area (Å²) < 4.78 is 53.1. The Hall–Kier alpha value is -3.31. The molecule has 1 aromatic carbocycles. The zero-order chi connectivity index (χ0) is 22.6. The van der Waals surface area contributed by atoms with E-state index in [0.29, 0.717) is 18.7 Å². The van der Waals surface area contributed by atoms with Crippen molar-refractivity contribution in [3.8, 4) is 11.3 Å². The van der Waals surface area contributed by atoms with E-state index >= 15 is 0 Å². The van der Waals surface area contributed by atoms with Crippen LogP contribution in [0.3, 0.4) is 0 Å². The summed E-state index contributed by atoms with van der Waals surface area (Å²) in [4.78, 5) is 0. The molecule has 0 saturated heterocycles. The van der Waals surface area contributed by atoms with Gasteiger partial charge in [-0.25, -0.2) is 13.9 Å². The number of nitrogens with two attached hydrogens (primary N) is 2. The molecule has 0 unspecified atom stereocenters. The average Bonchev–Trinajstić information content (AvgIpc) is 2.69. The summed E-state index contributed by atoms with van der Waals surface area (Å²) in [6.07, 6.45) is 6.08. The predicted octanol–water partition coefficient (Wildman–Crippen LogP) is 3.11. The normalized spacial score (nSPS) is 16.0. The molecule has 31 heavy (non-hydrogen) atoms. The van der Waals surface area contributed by atoms with Gasteiger partial charge >= 0.3 is 0 Å². The van der Waals surface area contributed by atoms with Crippen LogP contribution in [0.5, 0.6) is 0 Å². The summed E-state index contributed by atoms with van der Waals surface area (Å²) in [7, 11) is -4.01. The molecule has 8 nitrogen and oxygen atoms in total. The molecule has 0 bridgehead atoms. The van der Waals surface area contributed by atoms with E-state index in [1.807, 2.05) is 0 Å². The van der Waals surface area contributed by atoms with Gasteiger partial charge in [0.2, 0.25) is 0 Å². The molecule has 0 radical (unpaired) electrons. The van der Waals surface area contributed by atoms with E-state index in [9.17, 15) is 17.2 Å². The maximum Gasteiger partial charge on any atom is 0.296 e. The van der Waals surface area contributed by atoms with Gasteiger partial charge in [0.25, 0.3) is 10.2 Å². The fourth-order valence-corrected chi connectivity index (χ4v) is 3.69. The van der Waals surface area contributed by atoms with E-state index < -0.39 is 27.4 Å². The zero-order valence-corrected chi connectivity index (χ0v) is 17.3. The minimum atomic E-state index is -4.01. The van der Waals surface area contributed by atoms with Crippen molar-refractivity contribution in [2.45, 2.75) is 24.8 Å². The smallest absolute Gasteiger partial charge is 0.296 e. The average molecular weight is 448 g/mol. The van der Waals surface area contributed by atoms with Crippen molar-refractivity contribution in [3.05, 3.63) is 72.5 Å². The first kappa shape index (κ1) is 22.4. The Morgan fingerprint density at radius 1 is 1.23 bits per heavy atom. The van der Waals surface area contributed by atoms with Crippen LogP contribution in [0.15, 0.2) is 66.7 Å². The topological polar surface area (TPSA) is 136 Å². The van der Waals surface area contributed by atoms with Crippen LogP contribution in [0.4, 0.5) is 20.3 Å². The largest absolute Gasteiger partial charge is 0.405 e.